The van der Waals surface area contributed by atoms with E-state index in [1.54, 1.807) is 24.3 Å². The Morgan fingerprint density at radius 1 is 1.44 bits per heavy atom. The SMILES string of the molecule is N#C/C(=C/c1coc2ccccc2c1=O)C(N)=S. The number of fused-ring (bicyclic) bond motifs is 1. The summed E-state index contributed by atoms with van der Waals surface area (Å²) in [5.41, 5.74) is 5.96. The molecule has 18 heavy (non-hydrogen) atoms. The van der Waals surface area contributed by atoms with Crippen LogP contribution in [0.2, 0.25) is 0 Å². The predicted molar refractivity (Wildman–Crippen MR) is 72.9 cm³/mol. The molecule has 0 aliphatic heterocycles. The maximum absolute atomic E-state index is 12.1. The highest BCUT2D eigenvalue weighted by Crippen LogP contribution is 2.12. The monoisotopic (exact) mass is 256 g/mol. The Morgan fingerprint density at radius 2 is 2.17 bits per heavy atom. The Bertz CT molecular complexity index is 753. The van der Waals surface area contributed by atoms with Crippen LogP contribution in [0.25, 0.3) is 17.0 Å². The van der Waals surface area contributed by atoms with Gasteiger partial charge in [0.1, 0.15) is 22.9 Å². The van der Waals surface area contributed by atoms with Crippen LogP contribution >= 0.6 is 12.2 Å². The van der Waals surface area contributed by atoms with Gasteiger partial charge in [0, 0.05) is 0 Å². The van der Waals surface area contributed by atoms with E-state index >= 15 is 0 Å². The topological polar surface area (TPSA) is 80.0 Å². The van der Waals surface area contributed by atoms with Crippen LogP contribution in [-0.4, -0.2) is 4.99 Å². The highest BCUT2D eigenvalue weighted by atomic mass is 32.1. The van der Waals surface area contributed by atoms with Gasteiger partial charge >= 0.3 is 0 Å². The van der Waals surface area contributed by atoms with E-state index in [2.05, 4.69) is 0 Å². The standard InChI is InChI=1S/C13H8N2O2S/c14-6-8(13(15)18)5-9-7-17-11-4-2-1-3-10(11)12(9)16/h1-5,7H,(H2,15,18)/b8-5-. The minimum atomic E-state index is -0.221. The summed E-state index contributed by atoms with van der Waals surface area (Å²) in [5, 5.41) is 9.29. The van der Waals surface area contributed by atoms with E-state index in [0.717, 1.165) is 0 Å². The molecule has 5 heteroatoms. The van der Waals surface area contributed by atoms with Crippen molar-refractivity contribution in [2.75, 3.05) is 0 Å². The molecule has 0 saturated carbocycles. The highest BCUT2D eigenvalue weighted by molar-refractivity contribution is 7.80. The summed E-state index contributed by atoms with van der Waals surface area (Å²) in [5.74, 6) is 0. The minimum Gasteiger partial charge on any atom is -0.463 e. The van der Waals surface area contributed by atoms with Crippen LogP contribution in [0.5, 0.6) is 0 Å². The molecule has 0 unspecified atom stereocenters. The fourth-order valence-electron chi connectivity index (χ4n) is 1.51. The summed E-state index contributed by atoms with van der Waals surface area (Å²) in [6.45, 7) is 0. The van der Waals surface area contributed by atoms with E-state index in [0.29, 0.717) is 11.0 Å². The van der Waals surface area contributed by atoms with Gasteiger partial charge in [-0.25, -0.2) is 0 Å². The largest absolute Gasteiger partial charge is 0.463 e. The fourth-order valence-corrected chi connectivity index (χ4v) is 1.61. The fraction of sp³-hybridized carbons (Fsp3) is 0. The van der Waals surface area contributed by atoms with Gasteiger partial charge in [-0.05, 0) is 18.2 Å². The average molecular weight is 256 g/mol. The molecule has 0 radical (unpaired) electrons. The van der Waals surface area contributed by atoms with Crippen molar-refractivity contribution in [2.45, 2.75) is 0 Å². The molecule has 1 heterocycles. The molecule has 4 nitrogen and oxygen atoms in total. The van der Waals surface area contributed by atoms with E-state index in [1.807, 2.05) is 6.07 Å². The van der Waals surface area contributed by atoms with Crippen molar-refractivity contribution in [1.29, 1.82) is 5.26 Å². The smallest absolute Gasteiger partial charge is 0.199 e. The molecule has 0 fully saturated rings. The highest BCUT2D eigenvalue weighted by Gasteiger charge is 2.06. The number of hydrogen-bond donors (Lipinski definition) is 1. The van der Waals surface area contributed by atoms with Crippen molar-refractivity contribution in [3.63, 3.8) is 0 Å². The molecule has 0 spiro atoms. The van der Waals surface area contributed by atoms with Gasteiger partial charge in [0.25, 0.3) is 0 Å². The van der Waals surface area contributed by atoms with E-state index in [1.165, 1.54) is 12.3 Å². The lowest BCUT2D eigenvalue weighted by atomic mass is 10.1. The van der Waals surface area contributed by atoms with Gasteiger partial charge in [0.15, 0.2) is 5.43 Å². The van der Waals surface area contributed by atoms with Crippen molar-refractivity contribution in [1.82, 2.24) is 0 Å². The number of benzene rings is 1. The molecule has 2 rings (SSSR count). The minimum absolute atomic E-state index is 0.0509. The van der Waals surface area contributed by atoms with Crippen molar-refractivity contribution in [3.05, 3.63) is 51.9 Å². The second-order valence-electron chi connectivity index (χ2n) is 3.55. The molecule has 0 aliphatic rings. The first-order chi connectivity index (χ1) is 8.63. The number of rotatable bonds is 2. The Morgan fingerprint density at radius 3 is 2.83 bits per heavy atom. The lowest BCUT2D eigenvalue weighted by Crippen LogP contribution is -2.11. The molecular weight excluding hydrogens is 248 g/mol. The second-order valence-corrected chi connectivity index (χ2v) is 3.99. The molecular formula is C13H8N2O2S. The third-order valence-corrected chi connectivity index (χ3v) is 2.61. The van der Waals surface area contributed by atoms with E-state index in [-0.39, 0.29) is 21.6 Å². The zero-order valence-corrected chi connectivity index (χ0v) is 10.0. The van der Waals surface area contributed by atoms with Crippen LogP contribution < -0.4 is 11.2 Å². The first-order valence-electron chi connectivity index (χ1n) is 5.05. The van der Waals surface area contributed by atoms with Gasteiger partial charge in [0.05, 0.1) is 16.5 Å². The Hall–Kier alpha value is -2.45. The Labute approximate surface area is 108 Å². The Balaban J connectivity index is 2.68. The van der Waals surface area contributed by atoms with Crippen LogP contribution in [0.3, 0.4) is 0 Å². The van der Waals surface area contributed by atoms with Gasteiger partial charge in [-0.2, -0.15) is 5.26 Å². The maximum atomic E-state index is 12.1. The predicted octanol–water partition coefficient (Wildman–Crippen LogP) is 1.99. The van der Waals surface area contributed by atoms with Crippen molar-refractivity contribution in [3.8, 4) is 6.07 Å². The molecule has 0 saturated heterocycles. The lowest BCUT2D eigenvalue weighted by molar-refractivity contribution is 0.601. The number of para-hydroxylation sites is 1. The zero-order valence-electron chi connectivity index (χ0n) is 9.21. The lowest BCUT2D eigenvalue weighted by Gasteiger charge is -1.98. The third kappa shape index (κ3) is 2.14. The molecule has 2 aromatic rings. The summed E-state index contributed by atoms with van der Waals surface area (Å²) >= 11 is 4.71. The Kier molecular flexibility index (Phi) is 3.22. The molecule has 0 bridgehead atoms. The van der Waals surface area contributed by atoms with Crippen LogP contribution in [-0.2, 0) is 0 Å². The van der Waals surface area contributed by atoms with Crippen molar-refractivity contribution < 1.29 is 4.42 Å². The molecule has 88 valence electrons. The van der Waals surface area contributed by atoms with Gasteiger partial charge in [-0.1, -0.05) is 24.4 Å². The summed E-state index contributed by atoms with van der Waals surface area (Å²) < 4.78 is 5.31. The van der Waals surface area contributed by atoms with Gasteiger partial charge in [0.2, 0.25) is 0 Å². The van der Waals surface area contributed by atoms with E-state index < -0.39 is 0 Å². The maximum Gasteiger partial charge on any atom is 0.199 e. The van der Waals surface area contributed by atoms with Crippen LogP contribution in [0.15, 0.2) is 45.3 Å². The van der Waals surface area contributed by atoms with Crippen LogP contribution in [0.4, 0.5) is 0 Å². The molecule has 0 amide bonds. The second kappa shape index (κ2) is 4.82. The zero-order chi connectivity index (χ0) is 13.1. The molecule has 0 aliphatic carbocycles. The number of hydrogen-bond acceptors (Lipinski definition) is 4. The average Bonchev–Trinajstić information content (AvgIpc) is 2.38. The van der Waals surface area contributed by atoms with Gasteiger partial charge < -0.3 is 10.2 Å². The summed E-state index contributed by atoms with van der Waals surface area (Å²) in [6.07, 6.45) is 2.63. The quantitative estimate of drug-likeness (QED) is 0.505. The first-order valence-corrected chi connectivity index (χ1v) is 5.46. The van der Waals surface area contributed by atoms with Crippen molar-refractivity contribution >= 4 is 34.3 Å². The number of nitriles is 1. The summed E-state index contributed by atoms with van der Waals surface area (Å²) in [6, 6.07) is 8.71. The number of nitrogens with two attached hydrogens (primary N) is 1. The van der Waals surface area contributed by atoms with Crippen LogP contribution in [0.1, 0.15) is 5.56 Å². The van der Waals surface area contributed by atoms with Gasteiger partial charge in [-0.3, -0.25) is 4.79 Å². The van der Waals surface area contributed by atoms with Crippen molar-refractivity contribution in [2.24, 2.45) is 5.73 Å². The van der Waals surface area contributed by atoms with Gasteiger partial charge in [-0.15, -0.1) is 0 Å². The third-order valence-electron chi connectivity index (χ3n) is 2.39. The molecule has 1 aromatic heterocycles. The van der Waals surface area contributed by atoms with E-state index in [9.17, 15) is 4.79 Å². The summed E-state index contributed by atoms with van der Waals surface area (Å²) in [4.78, 5) is 12.1. The molecule has 1 aromatic carbocycles. The normalized spacial score (nSPS) is 11.2. The van der Waals surface area contributed by atoms with E-state index in [4.69, 9.17) is 27.6 Å². The molecule has 2 N–H and O–H groups in total. The number of thiocarbonyl (C=S) groups is 1. The summed E-state index contributed by atoms with van der Waals surface area (Å²) in [7, 11) is 0. The van der Waals surface area contributed by atoms with Crippen LogP contribution in [0, 0.1) is 11.3 Å². The molecule has 0 atom stereocenters. The number of nitrogens with zero attached hydrogens (tertiary/aromatic N) is 1. The first kappa shape index (κ1) is 12.0.